The predicted octanol–water partition coefficient (Wildman–Crippen LogP) is 2.60. The Bertz CT molecular complexity index is 427. The summed E-state index contributed by atoms with van der Waals surface area (Å²) in [5.41, 5.74) is 1.10. The Morgan fingerprint density at radius 2 is 2.38 bits per heavy atom. The number of aromatic nitrogens is 1. The van der Waals surface area contributed by atoms with Gasteiger partial charge >= 0.3 is 0 Å². The van der Waals surface area contributed by atoms with Crippen LogP contribution in [-0.2, 0) is 11.3 Å². The lowest BCUT2D eigenvalue weighted by Crippen LogP contribution is -2.37. The summed E-state index contributed by atoms with van der Waals surface area (Å²) in [6, 6.07) is 4.18. The van der Waals surface area contributed by atoms with Crippen LogP contribution in [0.25, 0.3) is 0 Å². The molecule has 116 valence electrons. The summed E-state index contributed by atoms with van der Waals surface area (Å²) in [5.74, 6) is 0.925. The molecule has 0 radical (unpaired) electrons. The fraction of sp³-hybridized carbons (Fsp3) is 0.647. The maximum Gasteiger partial charge on any atom is 0.223 e. The van der Waals surface area contributed by atoms with Crippen LogP contribution in [-0.4, -0.2) is 34.9 Å². The van der Waals surface area contributed by atoms with Gasteiger partial charge in [-0.15, -0.1) is 0 Å². The molecule has 0 aromatic carbocycles. The minimum atomic E-state index is 0.224. The Morgan fingerprint density at radius 1 is 1.52 bits per heavy atom. The van der Waals surface area contributed by atoms with E-state index in [1.54, 1.807) is 6.20 Å². The zero-order chi connectivity index (χ0) is 15.1. The molecule has 0 bridgehead atoms. The van der Waals surface area contributed by atoms with Gasteiger partial charge < -0.3 is 10.2 Å². The van der Waals surface area contributed by atoms with Gasteiger partial charge in [0.25, 0.3) is 0 Å². The fourth-order valence-corrected chi connectivity index (χ4v) is 2.89. The molecule has 2 rings (SSSR count). The Labute approximate surface area is 127 Å². The van der Waals surface area contributed by atoms with E-state index in [2.05, 4.69) is 24.1 Å². The van der Waals surface area contributed by atoms with Crippen molar-refractivity contribution in [3.63, 3.8) is 0 Å². The highest BCUT2D eigenvalue weighted by Crippen LogP contribution is 2.18. The van der Waals surface area contributed by atoms with E-state index in [0.717, 1.165) is 25.1 Å². The van der Waals surface area contributed by atoms with Gasteiger partial charge in [-0.25, -0.2) is 0 Å². The summed E-state index contributed by atoms with van der Waals surface area (Å²) >= 11 is 0. The van der Waals surface area contributed by atoms with Crippen molar-refractivity contribution in [2.75, 3.05) is 13.1 Å². The highest BCUT2D eigenvalue weighted by Gasteiger charge is 2.20. The standard InChI is InChI=1S/C17H27N3O/c1-14(2)20(13-16-6-4-10-19-12-16)17(21)8-7-15-5-3-9-18-11-15/h4,6,10,12,14-15,18H,3,5,7-9,11,13H2,1-2H3. The molecule has 1 aliphatic heterocycles. The molecule has 1 fully saturated rings. The van der Waals surface area contributed by atoms with Gasteiger partial charge in [0.05, 0.1) is 0 Å². The lowest BCUT2D eigenvalue weighted by atomic mass is 9.94. The molecule has 21 heavy (non-hydrogen) atoms. The summed E-state index contributed by atoms with van der Waals surface area (Å²) in [6.45, 7) is 7.02. The van der Waals surface area contributed by atoms with Gasteiger partial charge in [0.1, 0.15) is 0 Å². The van der Waals surface area contributed by atoms with E-state index in [9.17, 15) is 4.79 Å². The first-order chi connectivity index (χ1) is 10.2. The first kappa shape index (κ1) is 16.0. The summed E-state index contributed by atoms with van der Waals surface area (Å²) in [7, 11) is 0. The first-order valence-electron chi connectivity index (χ1n) is 8.06. The van der Waals surface area contributed by atoms with E-state index >= 15 is 0 Å². The van der Waals surface area contributed by atoms with Crippen LogP contribution in [0.15, 0.2) is 24.5 Å². The third-order valence-corrected chi connectivity index (χ3v) is 4.18. The molecule has 1 aromatic rings. The molecule has 1 saturated heterocycles. The highest BCUT2D eigenvalue weighted by molar-refractivity contribution is 5.76. The number of carbonyl (C=O) groups is 1. The number of pyridine rings is 1. The van der Waals surface area contributed by atoms with Crippen molar-refractivity contribution >= 4 is 5.91 Å². The molecule has 1 amide bonds. The van der Waals surface area contributed by atoms with E-state index in [1.807, 2.05) is 23.2 Å². The number of amides is 1. The molecule has 1 unspecified atom stereocenters. The Kier molecular flexibility index (Phi) is 6.18. The topological polar surface area (TPSA) is 45.2 Å². The molecule has 2 heterocycles. The van der Waals surface area contributed by atoms with Gasteiger partial charge in [0, 0.05) is 31.4 Å². The SMILES string of the molecule is CC(C)N(Cc1cccnc1)C(=O)CCC1CCCNC1. The number of nitrogens with zero attached hydrogens (tertiary/aromatic N) is 2. The second kappa shape index (κ2) is 8.13. The second-order valence-corrected chi connectivity index (χ2v) is 6.23. The lowest BCUT2D eigenvalue weighted by Gasteiger charge is -2.28. The van der Waals surface area contributed by atoms with Crippen LogP contribution >= 0.6 is 0 Å². The van der Waals surface area contributed by atoms with Crippen LogP contribution in [0.1, 0.15) is 45.1 Å². The van der Waals surface area contributed by atoms with Gasteiger partial charge in [-0.05, 0) is 63.7 Å². The first-order valence-corrected chi connectivity index (χ1v) is 8.06. The number of piperidine rings is 1. The molecule has 0 saturated carbocycles. The number of carbonyl (C=O) groups excluding carboxylic acids is 1. The number of hydrogen-bond acceptors (Lipinski definition) is 3. The summed E-state index contributed by atoms with van der Waals surface area (Å²) < 4.78 is 0. The van der Waals surface area contributed by atoms with Crippen molar-refractivity contribution in [2.24, 2.45) is 5.92 Å². The molecule has 4 heteroatoms. The van der Waals surface area contributed by atoms with E-state index in [0.29, 0.717) is 18.9 Å². The maximum atomic E-state index is 12.5. The number of rotatable bonds is 6. The second-order valence-electron chi connectivity index (χ2n) is 6.23. The molecule has 1 N–H and O–H groups in total. The van der Waals surface area contributed by atoms with E-state index in [1.165, 1.54) is 12.8 Å². The van der Waals surface area contributed by atoms with Crippen LogP contribution < -0.4 is 5.32 Å². The highest BCUT2D eigenvalue weighted by atomic mass is 16.2. The van der Waals surface area contributed by atoms with Crippen LogP contribution in [0.5, 0.6) is 0 Å². The normalized spacial score (nSPS) is 18.7. The molecule has 1 aliphatic rings. The van der Waals surface area contributed by atoms with E-state index in [4.69, 9.17) is 0 Å². The third-order valence-electron chi connectivity index (χ3n) is 4.18. The van der Waals surface area contributed by atoms with Crippen LogP contribution in [0.2, 0.25) is 0 Å². The zero-order valence-electron chi connectivity index (χ0n) is 13.2. The Balaban J connectivity index is 1.86. The number of nitrogens with one attached hydrogen (secondary N) is 1. The third kappa shape index (κ3) is 5.12. The van der Waals surface area contributed by atoms with Gasteiger partial charge in [0.2, 0.25) is 5.91 Å². The Morgan fingerprint density at radius 3 is 3.00 bits per heavy atom. The van der Waals surface area contributed by atoms with Gasteiger partial charge in [-0.1, -0.05) is 6.07 Å². The van der Waals surface area contributed by atoms with Crippen molar-refractivity contribution in [1.82, 2.24) is 15.2 Å². The molecular weight excluding hydrogens is 262 g/mol. The minimum Gasteiger partial charge on any atom is -0.336 e. The van der Waals surface area contributed by atoms with Crippen molar-refractivity contribution < 1.29 is 4.79 Å². The van der Waals surface area contributed by atoms with E-state index < -0.39 is 0 Å². The summed E-state index contributed by atoms with van der Waals surface area (Å²) in [6.07, 6.45) is 7.76. The minimum absolute atomic E-state index is 0.224. The summed E-state index contributed by atoms with van der Waals surface area (Å²) in [5, 5.41) is 3.42. The molecule has 4 nitrogen and oxygen atoms in total. The largest absolute Gasteiger partial charge is 0.336 e. The quantitative estimate of drug-likeness (QED) is 0.875. The summed E-state index contributed by atoms with van der Waals surface area (Å²) in [4.78, 5) is 18.6. The Hall–Kier alpha value is -1.42. The van der Waals surface area contributed by atoms with Crippen LogP contribution in [0.3, 0.4) is 0 Å². The van der Waals surface area contributed by atoms with Gasteiger partial charge in [-0.3, -0.25) is 9.78 Å². The van der Waals surface area contributed by atoms with E-state index in [-0.39, 0.29) is 11.9 Å². The predicted molar refractivity (Wildman–Crippen MR) is 84.8 cm³/mol. The van der Waals surface area contributed by atoms with Gasteiger partial charge in [-0.2, -0.15) is 0 Å². The van der Waals surface area contributed by atoms with Gasteiger partial charge in [0.15, 0.2) is 0 Å². The monoisotopic (exact) mass is 289 g/mol. The number of hydrogen-bond donors (Lipinski definition) is 1. The molecule has 1 aromatic heterocycles. The average Bonchev–Trinajstić information content (AvgIpc) is 2.52. The molecular formula is C17H27N3O. The average molecular weight is 289 g/mol. The van der Waals surface area contributed by atoms with Crippen LogP contribution in [0, 0.1) is 5.92 Å². The lowest BCUT2D eigenvalue weighted by molar-refractivity contribution is -0.133. The van der Waals surface area contributed by atoms with Crippen molar-refractivity contribution in [1.29, 1.82) is 0 Å². The van der Waals surface area contributed by atoms with Crippen molar-refractivity contribution in [3.05, 3.63) is 30.1 Å². The zero-order valence-corrected chi connectivity index (χ0v) is 13.2. The molecule has 0 spiro atoms. The molecule has 1 atom stereocenters. The van der Waals surface area contributed by atoms with Crippen molar-refractivity contribution in [3.8, 4) is 0 Å². The van der Waals surface area contributed by atoms with Crippen molar-refractivity contribution in [2.45, 2.75) is 52.1 Å². The molecule has 0 aliphatic carbocycles. The fourth-order valence-electron chi connectivity index (χ4n) is 2.89. The smallest absolute Gasteiger partial charge is 0.223 e. The maximum absolute atomic E-state index is 12.5. The van der Waals surface area contributed by atoms with Crippen LogP contribution in [0.4, 0.5) is 0 Å².